The number of carboxylic acids is 1. The summed E-state index contributed by atoms with van der Waals surface area (Å²) >= 11 is 1.65. The van der Waals surface area contributed by atoms with Gasteiger partial charge < -0.3 is 15.7 Å². The fourth-order valence-corrected chi connectivity index (χ4v) is 1.79. The maximum atomic E-state index is 11.7. The van der Waals surface area contributed by atoms with E-state index >= 15 is 0 Å². The fourth-order valence-electron chi connectivity index (χ4n) is 1.54. The van der Waals surface area contributed by atoms with E-state index in [1.807, 2.05) is 13.2 Å². The largest absolute Gasteiger partial charge is 0.478 e. The second kappa shape index (κ2) is 7.04. The predicted molar refractivity (Wildman–Crippen MR) is 78.1 cm³/mol. The molecular weight excluding hydrogens is 264 g/mol. The van der Waals surface area contributed by atoms with E-state index in [1.54, 1.807) is 36.9 Å². The molecule has 19 heavy (non-hydrogen) atoms. The Hall–Kier alpha value is -1.69. The van der Waals surface area contributed by atoms with Gasteiger partial charge >= 0.3 is 12.0 Å². The van der Waals surface area contributed by atoms with Crippen LogP contribution >= 0.6 is 11.8 Å². The Morgan fingerprint density at radius 3 is 2.68 bits per heavy atom. The van der Waals surface area contributed by atoms with Crippen molar-refractivity contribution < 1.29 is 14.7 Å². The van der Waals surface area contributed by atoms with Crippen molar-refractivity contribution in [1.29, 1.82) is 0 Å². The highest BCUT2D eigenvalue weighted by Gasteiger charge is 2.14. The molecule has 6 heteroatoms. The summed E-state index contributed by atoms with van der Waals surface area (Å²) in [5, 5.41) is 14.7. The average Bonchev–Trinajstić information content (AvgIpc) is 2.35. The first-order valence-electron chi connectivity index (χ1n) is 5.86. The molecule has 0 fully saturated rings. The number of aryl methyl sites for hydroxylation is 1. The monoisotopic (exact) mass is 282 g/mol. The lowest BCUT2D eigenvalue weighted by atomic mass is 10.1. The molecule has 104 valence electrons. The number of carboxylic acid groups (broad SMARTS) is 1. The van der Waals surface area contributed by atoms with Crippen LogP contribution in [0, 0.1) is 6.92 Å². The van der Waals surface area contributed by atoms with E-state index in [1.165, 1.54) is 0 Å². The van der Waals surface area contributed by atoms with Crippen molar-refractivity contribution in [2.24, 2.45) is 0 Å². The minimum atomic E-state index is -1.05. The maximum Gasteiger partial charge on any atom is 0.338 e. The number of anilines is 1. The van der Waals surface area contributed by atoms with Gasteiger partial charge in [0.2, 0.25) is 0 Å². The number of hydrogen-bond donors (Lipinski definition) is 3. The molecule has 3 N–H and O–H groups in total. The summed E-state index contributed by atoms with van der Waals surface area (Å²) in [5.41, 5.74) is 1.04. The van der Waals surface area contributed by atoms with Crippen molar-refractivity contribution in [3.8, 4) is 0 Å². The SMILES string of the molecule is CSC(C)CNC(=O)Nc1cccc(C)c1C(=O)O. The third-order valence-corrected chi connectivity index (χ3v) is 3.66. The first-order chi connectivity index (χ1) is 8.95. The number of carbonyl (C=O) groups is 2. The van der Waals surface area contributed by atoms with Crippen LogP contribution in [0.25, 0.3) is 0 Å². The van der Waals surface area contributed by atoms with Gasteiger partial charge in [0.1, 0.15) is 0 Å². The van der Waals surface area contributed by atoms with Gasteiger partial charge in [-0.25, -0.2) is 9.59 Å². The molecule has 0 bridgehead atoms. The van der Waals surface area contributed by atoms with Crippen LogP contribution in [0.2, 0.25) is 0 Å². The standard InChI is InChI=1S/C13H18N2O3S/c1-8-5-4-6-10(11(8)12(16)17)15-13(18)14-7-9(2)19-3/h4-6,9H,7H2,1-3H3,(H,16,17)(H2,14,15,18). The molecule has 1 atom stereocenters. The van der Waals surface area contributed by atoms with E-state index in [4.69, 9.17) is 5.11 Å². The third-order valence-electron chi connectivity index (χ3n) is 2.69. The van der Waals surface area contributed by atoms with Crippen LogP contribution in [0.1, 0.15) is 22.8 Å². The number of thioether (sulfide) groups is 1. The van der Waals surface area contributed by atoms with Gasteiger partial charge in [-0.3, -0.25) is 0 Å². The number of benzene rings is 1. The van der Waals surface area contributed by atoms with Crippen LogP contribution in [0.15, 0.2) is 18.2 Å². The Bertz CT molecular complexity index is 477. The molecule has 0 aliphatic carbocycles. The van der Waals surface area contributed by atoms with Gasteiger partial charge in [-0.1, -0.05) is 19.1 Å². The Morgan fingerprint density at radius 2 is 2.11 bits per heavy atom. The molecule has 0 radical (unpaired) electrons. The number of amides is 2. The van der Waals surface area contributed by atoms with Crippen molar-refractivity contribution >= 4 is 29.4 Å². The van der Waals surface area contributed by atoms with Crippen LogP contribution in [0.3, 0.4) is 0 Å². The highest BCUT2D eigenvalue weighted by molar-refractivity contribution is 7.99. The molecule has 1 aromatic carbocycles. The van der Waals surface area contributed by atoms with Gasteiger partial charge in [0.25, 0.3) is 0 Å². The number of carbonyl (C=O) groups excluding carboxylic acids is 1. The summed E-state index contributed by atoms with van der Waals surface area (Å²) in [5.74, 6) is -1.05. The summed E-state index contributed by atoms with van der Waals surface area (Å²) in [7, 11) is 0. The molecule has 0 aliphatic rings. The molecule has 0 aromatic heterocycles. The molecule has 0 aliphatic heterocycles. The lowest BCUT2D eigenvalue weighted by molar-refractivity contribution is 0.0697. The smallest absolute Gasteiger partial charge is 0.338 e. The van der Waals surface area contributed by atoms with Crippen LogP contribution in [-0.2, 0) is 0 Å². The molecular formula is C13H18N2O3S. The summed E-state index contributed by atoms with van der Waals surface area (Å²) in [6.07, 6.45) is 1.97. The van der Waals surface area contributed by atoms with Gasteiger partial charge in [0, 0.05) is 11.8 Å². The Labute approximate surface area is 116 Å². The number of hydrogen-bond acceptors (Lipinski definition) is 3. The highest BCUT2D eigenvalue weighted by atomic mass is 32.2. The normalized spacial score (nSPS) is 11.7. The number of urea groups is 1. The van der Waals surface area contributed by atoms with Crippen molar-refractivity contribution in [2.75, 3.05) is 18.1 Å². The lowest BCUT2D eigenvalue weighted by Crippen LogP contribution is -2.33. The maximum absolute atomic E-state index is 11.7. The molecule has 5 nitrogen and oxygen atoms in total. The van der Waals surface area contributed by atoms with E-state index in [0.29, 0.717) is 23.0 Å². The van der Waals surface area contributed by atoms with Gasteiger partial charge in [-0.2, -0.15) is 11.8 Å². The van der Waals surface area contributed by atoms with Crippen LogP contribution in [0.4, 0.5) is 10.5 Å². The third kappa shape index (κ3) is 4.48. The van der Waals surface area contributed by atoms with Gasteiger partial charge in [0.15, 0.2) is 0 Å². The first kappa shape index (κ1) is 15.4. The predicted octanol–water partition coefficient (Wildman–Crippen LogP) is 2.57. The minimum Gasteiger partial charge on any atom is -0.478 e. The molecule has 1 unspecified atom stereocenters. The number of aromatic carboxylic acids is 1. The van der Waals surface area contributed by atoms with Gasteiger partial charge in [-0.05, 0) is 24.8 Å². The van der Waals surface area contributed by atoms with Crippen LogP contribution < -0.4 is 10.6 Å². The van der Waals surface area contributed by atoms with E-state index in [0.717, 1.165) is 0 Å². The van der Waals surface area contributed by atoms with Crippen molar-refractivity contribution in [1.82, 2.24) is 5.32 Å². The van der Waals surface area contributed by atoms with E-state index < -0.39 is 12.0 Å². The highest BCUT2D eigenvalue weighted by Crippen LogP contribution is 2.19. The fraction of sp³-hybridized carbons (Fsp3) is 0.385. The number of rotatable bonds is 5. The van der Waals surface area contributed by atoms with Crippen LogP contribution in [-0.4, -0.2) is 35.2 Å². The molecule has 1 rings (SSSR count). The van der Waals surface area contributed by atoms with Gasteiger partial charge in [0.05, 0.1) is 11.3 Å². The minimum absolute atomic E-state index is 0.121. The Balaban J connectivity index is 2.74. The zero-order valence-corrected chi connectivity index (χ0v) is 12.0. The molecule has 1 aromatic rings. The average molecular weight is 282 g/mol. The van der Waals surface area contributed by atoms with E-state index in [9.17, 15) is 9.59 Å². The Morgan fingerprint density at radius 1 is 1.42 bits per heavy atom. The topological polar surface area (TPSA) is 78.4 Å². The van der Waals surface area contributed by atoms with Crippen molar-refractivity contribution in [2.45, 2.75) is 19.1 Å². The van der Waals surface area contributed by atoms with Crippen LogP contribution in [0.5, 0.6) is 0 Å². The summed E-state index contributed by atoms with van der Waals surface area (Å²) in [6, 6.07) is 4.59. The summed E-state index contributed by atoms with van der Waals surface area (Å²) < 4.78 is 0. The zero-order chi connectivity index (χ0) is 14.4. The molecule has 2 amide bonds. The van der Waals surface area contributed by atoms with Crippen molar-refractivity contribution in [3.05, 3.63) is 29.3 Å². The number of nitrogens with one attached hydrogen (secondary N) is 2. The Kier molecular flexibility index (Phi) is 5.69. The molecule has 0 heterocycles. The molecule has 0 saturated heterocycles. The van der Waals surface area contributed by atoms with Gasteiger partial charge in [-0.15, -0.1) is 0 Å². The molecule has 0 saturated carbocycles. The van der Waals surface area contributed by atoms with Crippen molar-refractivity contribution in [3.63, 3.8) is 0 Å². The second-order valence-corrected chi connectivity index (χ2v) is 5.46. The van der Waals surface area contributed by atoms with E-state index in [2.05, 4.69) is 10.6 Å². The molecule has 0 spiro atoms. The first-order valence-corrected chi connectivity index (χ1v) is 7.15. The zero-order valence-electron chi connectivity index (χ0n) is 11.2. The summed E-state index contributed by atoms with van der Waals surface area (Å²) in [4.78, 5) is 22.9. The lowest BCUT2D eigenvalue weighted by Gasteiger charge is -2.13. The quantitative estimate of drug-likeness (QED) is 0.775. The van der Waals surface area contributed by atoms with E-state index in [-0.39, 0.29) is 5.56 Å². The second-order valence-electron chi connectivity index (χ2n) is 4.18. The summed E-state index contributed by atoms with van der Waals surface area (Å²) in [6.45, 7) is 4.23.